The molecule has 0 aliphatic heterocycles. The van der Waals surface area contributed by atoms with Crippen molar-refractivity contribution in [3.8, 4) is 0 Å². The molecule has 476 valence electrons. The molecule has 0 fully saturated rings. The zero-order valence-electron chi connectivity index (χ0n) is 54.3. The zero-order chi connectivity index (χ0) is 50.1. The summed E-state index contributed by atoms with van der Waals surface area (Å²) >= 11 is 0. The normalized spacial score (nSPS) is 7.20. The van der Waals surface area contributed by atoms with E-state index in [1.165, 1.54) is 68.6 Å². The predicted octanol–water partition coefficient (Wildman–Crippen LogP) is -59.3. The average molecular weight is 1340 g/mol. The van der Waals surface area contributed by atoms with Crippen molar-refractivity contribution >= 4 is 0 Å². The molecule has 0 aliphatic carbocycles. The van der Waals surface area contributed by atoms with Gasteiger partial charge in [-0.05, 0) is 0 Å². The molecule has 0 saturated carbocycles. The molecular weight excluding hydrogens is 1200 g/mol. The van der Waals surface area contributed by atoms with Crippen molar-refractivity contribution in [2.75, 3.05) is 296 Å². The summed E-state index contributed by atoms with van der Waals surface area (Å²) in [5.41, 5.74) is 0. The molecule has 0 atom stereocenters. The van der Waals surface area contributed by atoms with Gasteiger partial charge < -0.3 is 242 Å². The lowest BCUT2D eigenvalue weighted by molar-refractivity contribution is -0.836. The van der Waals surface area contributed by atoms with Crippen LogP contribution in [0.15, 0.2) is 0 Å². The molecule has 0 heterocycles. The van der Waals surface area contributed by atoms with Gasteiger partial charge in [0.2, 0.25) is 0 Å². The predicted molar refractivity (Wildman–Crippen MR) is 262 cm³/mol. The van der Waals surface area contributed by atoms with Crippen molar-refractivity contribution in [1.29, 1.82) is 0 Å². The van der Waals surface area contributed by atoms with E-state index in [9.17, 15) is 0 Å². The monoisotopic (exact) mass is 1330 g/mol. The van der Waals surface area contributed by atoms with Crippen LogP contribution in [0.1, 0.15) is 0 Å². The second-order valence-electron chi connectivity index (χ2n) is 21.0. The minimum absolute atomic E-state index is 0. The molecule has 14 nitrogen and oxygen atoms in total. The Labute approximate surface area is 534 Å². The fourth-order valence-corrected chi connectivity index (χ4v) is 0. The third-order valence-corrected chi connectivity index (χ3v) is 0. The Morgan fingerprint density at radius 3 is 0.0714 bits per heavy atom. The Balaban J connectivity index is -0.0000000103. The Bertz CT molecular complexity index is 322. The maximum absolute atomic E-state index is 2.08. The molecule has 0 bridgehead atoms. The summed E-state index contributed by atoms with van der Waals surface area (Å²) < 4.78 is 0. The van der Waals surface area contributed by atoms with Gasteiger partial charge in [0.1, 0.15) is 0 Å². The van der Waals surface area contributed by atoms with Gasteiger partial charge in [-0.3, -0.25) is 0 Å². The maximum Gasteiger partial charge on any atom is 0.0661 e. The molecule has 14 N–H and O–H groups in total. The molecule has 0 saturated heterocycles. The summed E-state index contributed by atoms with van der Waals surface area (Å²) in [5, 5.41) is 0. The molecule has 0 amide bonds. The van der Waals surface area contributed by atoms with Crippen molar-refractivity contribution in [2.45, 2.75) is 0 Å². The van der Waals surface area contributed by atoms with Gasteiger partial charge in [0, 0.05) is 0 Å². The Kier molecular flexibility index (Phi) is 477. The number of hydrogen-bond acceptors (Lipinski definition) is 0. The quantitative estimate of drug-likeness (QED) is 0.114. The van der Waals surface area contributed by atoms with E-state index in [1.807, 2.05) is 0 Å². The lowest BCUT2D eigenvalue weighted by Gasteiger charge is -1.88. The van der Waals surface area contributed by atoms with Crippen LogP contribution in [0.5, 0.6) is 0 Å². The van der Waals surface area contributed by atoms with E-state index in [4.69, 9.17) is 0 Å². The van der Waals surface area contributed by atoms with E-state index in [0.29, 0.717) is 0 Å². The van der Waals surface area contributed by atoms with E-state index in [1.54, 1.807) is 0 Å². The summed E-state index contributed by atoms with van der Waals surface area (Å²) in [6.45, 7) is 0. The van der Waals surface area contributed by atoms with Crippen LogP contribution in [0.2, 0.25) is 0 Å². The third-order valence-electron chi connectivity index (χ3n) is 0. The molecule has 0 aromatic rings. The van der Waals surface area contributed by atoms with Crippen LogP contribution >= 0.6 is 0 Å². The molecule has 0 aromatic carbocycles. The van der Waals surface area contributed by atoms with Gasteiger partial charge in [-0.1, -0.05) is 0 Å². The highest BCUT2D eigenvalue weighted by Crippen LogP contribution is 0.917. The molecule has 0 unspecified atom stereocenters. The van der Waals surface area contributed by atoms with Crippen LogP contribution in [0.25, 0.3) is 0 Å². The van der Waals surface area contributed by atoms with Crippen molar-refractivity contribution in [3.05, 3.63) is 0 Å². The molecular formula is C42H140Cl14N14. The van der Waals surface area contributed by atoms with Crippen molar-refractivity contribution in [2.24, 2.45) is 0 Å². The van der Waals surface area contributed by atoms with Crippen LogP contribution in [-0.2, 0) is 0 Å². The van der Waals surface area contributed by atoms with Gasteiger partial charge in [-0.15, -0.1) is 0 Å². The van der Waals surface area contributed by atoms with Gasteiger partial charge >= 0.3 is 0 Å². The third kappa shape index (κ3) is 29000. The molecule has 28 heteroatoms. The van der Waals surface area contributed by atoms with Crippen LogP contribution in [0.4, 0.5) is 0 Å². The smallest absolute Gasteiger partial charge is 0.0661 e. The number of rotatable bonds is 0. The highest BCUT2D eigenvalue weighted by Gasteiger charge is 1.66. The van der Waals surface area contributed by atoms with E-state index in [0.717, 1.165) is 0 Å². The van der Waals surface area contributed by atoms with Gasteiger partial charge in [0.15, 0.2) is 0 Å². The van der Waals surface area contributed by atoms with Gasteiger partial charge in [0.05, 0.1) is 296 Å². The topological polar surface area (TPSA) is 62.2 Å². The lowest BCUT2D eigenvalue weighted by atomic mass is 11.0. The Hall–Kier alpha value is 3.50. The molecule has 0 aliphatic rings. The van der Waals surface area contributed by atoms with Crippen LogP contribution in [0, 0.1) is 0 Å². The first-order valence-corrected chi connectivity index (χ1v) is 21.0. The highest BCUT2D eigenvalue weighted by molar-refractivity contribution is 3.64. The first kappa shape index (κ1) is 187. The Morgan fingerprint density at radius 1 is 0.0714 bits per heavy atom. The summed E-state index contributed by atoms with van der Waals surface area (Å²) in [6, 6.07) is 0. The van der Waals surface area contributed by atoms with E-state index in [-0.39, 0.29) is 174 Å². The van der Waals surface area contributed by atoms with Crippen LogP contribution < -0.4 is 242 Å². The number of hydrogen-bond donors (Lipinski definition) is 14. The van der Waals surface area contributed by atoms with Crippen molar-refractivity contribution in [1.82, 2.24) is 0 Å². The zero-order valence-corrected chi connectivity index (χ0v) is 64.9. The second kappa shape index (κ2) is 179. The molecule has 70 heavy (non-hydrogen) atoms. The molecule has 0 radical (unpaired) electrons. The SMILES string of the molecule is C[NH+](C)C.C[NH+](C)C.C[NH+](C)C.C[NH+](C)C.C[NH+](C)C.C[NH+](C)C.C[NH+](C)C.C[NH+](C)C.C[NH+](C)C.C[NH+](C)C.C[NH+](C)C.C[NH+](C)C.C[NH+](C)C.C[NH+](C)C.[Cl-].[Cl-].[Cl-].[Cl-].[Cl-].[Cl-].[Cl-].[Cl-].[Cl-].[Cl-].[Cl-].[Cl-].[Cl-].[Cl-]. The number of nitrogens with one attached hydrogen (secondary N) is 14. The molecule has 0 rings (SSSR count). The lowest BCUT2D eigenvalue weighted by Crippen LogP contribution is -3.02. The van der Waals surface area contributed by atoms with Crippen LogP contribution in [-0.4, -0.2) is 296 Å². The fraction of sp³-hybridized carbons (Fsp3) is 1.00. The Morgan fingerprint density at radius 2 is 0.0714 bits per heavy atom. The van der Waals surface area contributed by atoms with Gasteiger partial charge in [0.25, 0.3) is 0 Å². The van der Waals surface area contributed by atoms with E-state index in [2.05, 4.69) is 296 Å². The fourth-order valence-electron chi connectivity index (χ4n) is 0. The first-order valence-electron chi connectivity index (χ1n) is 21.0. The molecule has 0 aromatic heterocycles. The van der Waals surface area contributed by atoms with Gasteiger partial charge in [-0.2, -0.15) is 0 Å². The van der Waals surface area contributed by atoms with Crippen molar-refractivity contribution in [3.63, 3.8) is 0 Å². The second-order valence-corrected chi connectivity index (χ2v) is 21.0. The van der Waals surface area contributed by atoms with Gasteiger partial charge in [-0.25, -0.2) is 0 Å². The first-order chi connectivity index (χ1) is 24.2. The summed E-state index contributed by atoms with van der Waals surface area (Å²) in [7, 11) is 87.5. The maximum atomic E-state index is 2.08. The summed E-state index contributed by atoms with van der Waals surface area (Å²) in [5.74, 6) is 0. The van der Waals surface area contributed by atoms with Crippen LogP contribution in [0.3, 0.4) is 0 Å². The minimum atomic E-state index is 0. The standard InChI is InChI=1S/14C3H9N.14ClH/c14*1-4(2)3;;;;;;;;;;;;;;/h14*1-3H3;14*1H. The molecule has 0 spiro atoms. The summed E-state index contributed by atoms with van der Waals surface area (Å²) in [4.78, 5) is 19.8. The van der Waals surface area contributed by atoms with E-state index < -0.39 is 0 Å². The highest BCUT2D eigenvalue weighted by atomic mass is 35.5. The number of quaternary nitrogens is 14. The largest absolute Gasteiger partial charge is 1.00 e. The van der Waals surface area contributed by atoms with Crippen molar-refractivity contribution < 1.29 is 242 Å². The average Bonchev–Trinajstić information content (AvgIpc) is 2.73. The summed E-state index contributed by atoms with van der Waals surface area (Å²) in [6.07, 6.45) is 0. The number of halogens is 14. The minimum Gasteiger partial charge on any atom is -1.00 e. The van der Waals surface area contributed by atoms with E-state index >= 15 is 0 Å².